The number of anilines is 1. The SMILES string of the molecule is C=C/C=C\C(=C/C)c1nc2sccn2c1-c1ccnc(NCCCNS(=O)(=O)c2ccc(F)cc2)n1. The molecule has 2 N–H and O–H groups in total. The van der Waals surface area contributed by atoms with Crippen molar-refractivity contribution in [2.24, 2.45) is 0 Å². The molecule has 0 radical (unpaired) electrons. The molecule has 3 heterocycles. The van der Waals surface area contributed by atoms with E-state index in [9.17, 15) is 12.8 Å². The fourth-order valence-corrected chi connectivity index (χ4v) is 5.27. The number of rotatable bonds is 11. The van der Waals surface area contributed by atoms with Crippen LogP contribution in [0.1, 0.15) is 19.0 Å². The van der Waals surface area contributed by atoms with Crippen LogP contribution in [0.5, 0.6) is 0 Å². The number of sulfonamides is 1. The van der Waals surface area contributed by atoms with E-state index in [4.69, 9.17) is 4.98 Å². The zero-order valence-electron chi connectivity index (χ0n) is 19.6. The largest absolute Gasteiger partial charge is 0.354 e. The molecule has 0 bridgehead atoms. The number of halogens is 1. The number of nitrogens with zero attached hydrogens (tertiary/aromatic N) is 4. The highest BCUT2D eigenvalue weighted by molar-refractivity contribution is 7.89. The number of hydrogen-bond acceptors (Lipinski definition) is 7. The molecule has 8 nitrogen and oxygen atoms in total. The Bertz CT molecular complexity index is 1520. The minimum absolute atomic E-state index is 0.0210. The second-order valence-electron chi connectivity index (χ2n) is 7.60. The lowest BCUT2D eigenvalue weighted by atomic mass is 10.1. The second kappa shape index (κ2) is 11.4. The number of fused-ring (bicyclic) bond motifs is 1. The highest BCUT2D eigenvalue weighted by atomic mass is 32.2. The first-order valence-electron chi connectivity index (χ1n) is 11.2. The molecule has 0 amide bonds. The fraction of sp³-hybridized carbons (Fsp3) is 0.160. The molecule has 0 fully saturated rings. The maximum Gasteiger partial charge on any atom is 0.240 e. The number of nitrogens with one attached hydrogen (secondary N) is 2. The summed E-state index contributed by atoms with van der Waals surface area (Å²) in [5, 5.41) is 5.11. The molecule has 3 aromatic heterocycles. The standard InChI is InChI=1S/C25H25FN6O2S2/c1-3-5-7-18(4-2)22-23(32-16-17-35-25(32)31-22)21-12-15-28-24(30-21)27-13-6-14-29-36(33,34)20-10-8-19(26)9-11-20/h3-5,7-12,15-17,29H,1,6,13-14H2,2H3,(H,27,28,30)/b7-5-,18-4+. The van der Waals surface area contributed by atoms with Crippen LogP contribution in [0.4, 0.5) is 10.3 Å². The Morgan fingerprint density at radius 1 is 1.19 bits per heavy atom. The summed E-state index contributed by atoms with van der Waals surface area (Å²) in [6, 6.07) is 6.53. The van der Waals surface area contributed by atoms with Crippen molar-refractivity contribution in [1.29, 1.82) is 0 Å². The number of allylic oxidation sites excluding steroid dienone is 5. The van der Waals surface area contributed by atoms with E-state index in [0.717, 1.165) is 34.1 Å². The number of hydrogen-bond donors (Lipinski definition) is 2. The van der Waals surface area contributed by atoms with Crippen LogP contribution in [0.15, 0.2) is 83.9 Å². The van der Waals surface area contributed by atoms with Gasteiger partial charge in [0.25, 0.3) is 0 Å². The van der Waals surface area contributed by atoms with Crippen LogP contribution in [0.2, 0.25) is 0 Å². The molecule has 0 aliphatic carbocycles. The van der Waals surface area contributed by atoms with Crippen LogP contribution in [-0.4, -0.2) is 40.9 Å². The van der Waals surface area contributed by atoms with E-state index >= 15 is 0 Å². The Hall–Kier alpha value is -3.67. The molecule has 4 aromatic rings. The summed E-state index contributed by atoms with van der Waals surface area (Å²) in [6.07, 6.45) is 11.7. The van der Waals surface area contributed by atoms with Crippen LogP contribution >= 0.6 is 11.3 Å². The summed E-state index contributed by atoms with van der Waals surface area (Å²) in [6.45, 7) is 6.35. The van der Waals surface area contributed by atoms with Gasteiger partial charge in [-0.2, -0.15) is 0 Å². The van der Waals surface area contributed by atoms with Crippen molar-refractivity contribution in [2.75, 3.05) is 18.4 Å². The van der Waals surface area contributed by atoms with Gasteiger partial charge < -0.3 is 5.32 Å². The van der Waals surface area contributed by atoms with E-state index in [1.165, 1.54) is 23.5 Å². The highest BCUT2D eigenvalue weighted by Crippen LogP contribution is 2.31. The molecule has 0 atom stereocenters. The average molecular weight is 525 g/mol. The lowest BCUT2D eigenvalue weighted by molar-refractivity contribution is 0.579. The molecular weight excluding hydrogens is 499 g/mol. The summed E-state index contributed by atoms with van der Waals surface area (Å²) in [4.78, 5) is 14.7. The fourth-order valence-electron chi connectivity index (χ4n) is 3.48. The number of thiazole rings is 1. The van der Waals surface area contributed by atoms with Gasteiger partial charge in [-0.3, -0.25) is 4.40 Å². The third-order valence-corrected chi connectivity index (χ3v) is 7.44. The molecule has 186 valence electrons. The number of imidazole rings is 1. The van der Waals surface area contributed by atoms with Gasteiger partial charge in [-0.1, -0.05) is 30.9 Å². The maximum atomic E-state index is 13.0. The van der Waals surface area contributed by atoms with Crippen molar-refractivity contribution in [3.05, 3.63) is 90.5 Å². The van der Waals surface area contributed by atoms with Gasteiger partial charge in [-0.25, -0.2) is 32.5 Å². The maximum absolute atomic E-state index is 13.0. The third kappa shape index (κ3) is 5.76. The molecule has 4 rings (SSSR count). The molecule has 0 spiro atoms. The van der Waals surface area contributed by atoms with Crippen LogP contribution < -0.4 is 10.0 Å². The number of aromatic nitrogens is 4. The van der Waals surface area contributed by atoms with E-state index in [1.54, 1.807) is 12.3 Å². The predicted molar refractivity (Wildman–Crippen MR) is 142 cm³/mol. The second-order valence-corrected chi connectivity index (χ2v) is 10.2. The van der Waals surface area contributed by atoms with Crippen molar-refractivity contribution in [3.8, 4) is 11.4 Å². The number of benzene rings is 1. The first-order valence-corrected chi connectivity index (χ1v) is 13.5. The first-order chi connectivity index (χ1) is 17.4. The molecule has 0 saturated carbocycles. The van der Waals surface area contributed by atoms with Gasteiger partial charge in [0, 0.05) is 30.9 Å². The molecule has 0 saturated heterocycles. The lowest BCUT2D eigenvalue weighted by Crippen LogP contribution is -2.26. The molecule has 36 heavy (non-hydrogen) atoms. The van der Waals surface area contributed by atoms with Crippen molar-refractivity contribution in [2.45, 2.75) is 18.2 Å². The summed E-state index contributed by atoms with van der Waals surface area (Å²) < 4.78 is 42.2. The Morgan fingerprint density at radius 2 is 2.00 bits per heavy atom. The molecule has 0 aliphatic heterocycles. The Morgan fingerprint density at radius 3 is 2.75 bits per heavy atom. The van der Waals surface area contributed by atoms with Gasteiger partial charge in [-0.15, -0.1) is 11.3 Å². The zero-order valence-corrected chi connectivity index (χ0v) is 21.2. The lowest BCUT2D eigenvalue weighted by Gasteiger charge is -2.09. The normalized spacial score (nSPS) is 12.4. The molecule has 11 heteroatoms. The quantitative estimate of drug-likeness (QED) is 0.213. The Balaban J connectivity index is 1.45. The monoisotopic (exact) mass is 524 g/mol. The molecule has 0 unspecified atom stereocenters. The Kier molecular flexibility index (Phi) is 8.04. The average Bonchev–Trinajstić information content (AvgIpc) is 3.46. The topological polar surface area (TPSA) is 101 Å². The van der Waals surface area contributed by atoms with Crippen molar-refractivity contribution in [1.82, 2.24) is 24.1 Å². The summed E-state index contributed by atoms with van der Waals surface area (Å²) >= 11 is 1.54. The zero-order chi connectivity index (χ0) is 25.5. The van der Waals surface area contributed by atoms with Crippen molar-refractivity contribution >= 4 is 37.8 Å². The van der Waals surface area contributed by atoms with Crippen molar-refractivity contribution in [3.63, 3.8) is 0 Å². The third-order valence-electron chi connectivity index (χ3n) is 5.21. The van der Waals surface area contributed by atoms with Gasteiger partial charge in [0.1, 0.15) is 11.5 Å². The predicted octanol–water partition coefficient (Wildman–Crippen LogP) is 4.92. The summed E-state index contributed by atoms with van der Waals surface area (Å²) in [5.74, 6) is -0.0630. The van der Waals surface area contributed by atoms with Crippen LogP contribution in [-0.2, 0) is 10.0 Å². The minimum atomic E-state index is -3.70. The summed E-state index contributed by atoms with van der Waals surface area (Å²) in [5.41, 5.74) is 3.31. The van der Waals surface area contributed by atoms with E-state index in [0.29, 0.717) is 24.6 Å². The minimum Gasteiger partial charge on any atom is -0.354 e. The first kappa shape index (κ1) is 25.4. The van der Waals surface area contributed by atoms with Gasteiger partial charge >= 0.3 is 0 Å². The van der Waals surface area contributed by atoms with E-state index < -0.39 is 15.8 Å². The van der Waals surface area contributed by atoms with Gasteiger partial charge in [0.15, 0.2) is 4.96 Å². The van der Waals surface area contributed by atoms with Crippen LogP contribution in [0.25, 0.3) is 21.9 Å². The summed E-state index contributed by atoms with van der Waals surface area (Å²) in [7, 11) is -3.70. The molecular formula is C25H25FN6O2S2. The van der Waals surface area contributed by atoms with Gasteiger partial charge in [-0.05, 0) is 49.2 Å². The smallest absolute Gasteiger partial charge is 0.240 e. The van der Waals surface area contributed by atoms with Crippen molar-refractivity contribution < 1.29 is 12.8 Å². The van der Waals surface area contributed by atoms with Crippen LogP contribution in [0.3, 0.4) is 0 Å². The van der Waals surface area contributed by atoms with E-state index in [1.807, 2.05) is 47.2 Å². The highest BCUT2D eigenvalue weighted by Gasteiger charge is 2.19. The molecule has 1 aromatic carbocycles. The van der Waals surface area contributed by atoms with Crippen LogP contribution in [0, 0.1) is 5.82 Å². The Labute approximate surface area is 213 Å². The van der Waals surface area contributed by atoms with Gasteiger partial charge in [0.05, 0.1) is 16.3 Å². The van der Waals surface area contributed by atoms with E-state index in [-0.39, 0.29) is 11.4 Å². The van der Waals surface area contributed by atoms with Gasteiger partial charge in [0.2, 0.25) is 16.0 Å². The molecule has 0 aliphatic rings. The van der Waals surface area contributed by atoms with E-state index in [2.05, 4.69) is 26.6 Å².